The number of aromatic nitrogens is 4. The molecule has 1 aromatic heterocycles. The molecule has 158 valence electrons. The number of tetrazole rings is 1. The first-order valence-electron chi connectivity index (χ1n) is 9.75. The minimum atomic E-state index is -0.110. The van der Waals surface area contributed by atoms with E-state index in [0.29, 0.717) is 29.8 Å². The van der Waals surface area contributed by atoms with Crippen molar-refractivity contribution in [3.8, 4) is 23.0 Å². The van der Waals surface area contributed by atoms with E-state index >= 15 is 0 Å². The van der Waals surface area contributed by atoms with Crippen LogP contribution in [-0.2, 0) is 0 Å². The number of rotatable bonds is 7. The van der Waals surface area contributed by atoms with Crippen LogP contribution >= 0.6 is 0 Å². The molecule has 0 saturated carbocycles. The monoisotopic (exact) mass is 411 g/mol. The minimum Gasteiger partial charge on any atom is -0.494 e. The Bertz CT molecular complexity index is 980. The summed E-state index contributed by atoms with van der Waals surface area (Å²) in [6.45, 7) is 2.61. The van der Waals surface area contributed by atoms with E-state index in [9.17, 15) is 0 Å². The number of ether oxygens (including phenoxy) is 4. The van der Waals surface area contributed by atoms with Gasteiger partial charge in [0, 0.05) is 0 Å². The molecule has 1 aliphatic heterocycles. The van der Waals surface area contributed by atoms with Crippen LogP contribution in [0.2, 0.25) is 0 Å². The molecule has 4 rings (SSSR count). The number of fused-ring (bicyclic) bond motifs is 1. The largest absolute Gasteiger partial charge is 0.494 e. The summed E-state index contributed by atoms with van der Waals surface area (Å²) in [5, 5.41) is 15.6. The van der Waals surface area contributed by atoms with Gasteiger partial charge >= 0.3 is 0 Å². The molecule has 9 nitrogen and oxygen atoms in total. The maximum atomic E-state index is 5.56. The summed E-state index contributed by atoms with van der Waals surface area (Å²) in [5.74, 6) is 3.20. The lowest BCUT2D eigenvalue weighted by Gasteiger charge is -2.31. The molecular weight excluding hydrogens is 386 g/mol. The number of nitrogens with zero attached hydrogens (tertiary/aromatic N) is 4. The van der Waals surface area contributed by atoms with Crippen molar-refractivity contribution in [3.63, 3.8) is 0 Å². The van der Waals surface area contributed by atoms with Gasteiger partial charge in [-0.3, -0.25) is 0 Å². The number of methoxy groups -OCH3 is 3. The average molecular weight is 411 g/mol. The molecule has 0 saturated heterocycles. The maximum absolute atomic E-state index is 5.56. The Hall–Kier alpha value is -3.49. The summed E-state index contributed by atoms with van der Waals surface area (Å²) in [7, 11) is 4.80. The second-order valence-electron chi connectivity index (χ2n) is 6.86. The molecule has 0 radical (unpaired) electrons. The van der Waals surface area contributed by atoms with Crippen molar-refractivity contribution in [1.82, 2.24) is 20.2 Å². The summed E-state index contributed by atoms with van der Waals surface area (Å²) in [5.41, 5.74) is 2.10. The number of hydrogen-bond acceptors (Lipinski definition) is 8. The summed E-state index contributed by atoms with van der Waals surface area (Å²) < 4.78 is 23.9. The van der Waals surface area contributed by atoms with E-state index in [0.717, 1.165) is 23.3 Å². The van der Waals surface area contributed by atoms with Gasteiger partial charge < -0.3 is 24.3 Å². The van der Waals surface area contributed by atoms with E-state index < -0.39 is 0 Å². The second-order valence-corrected chi connectivity index (χ2v) is 6.86. The van der Waals surface area contributed by atoms with Crippen LogP contribution < -0.4 is 24.3 Å². The van der Waals surface area contributed by atoms with Gasteiger partial charge in [0.25, 0.3) is 0 Å². The van der Waals surface area contributed by atoms with Gasteiger partial charge in [0.2, 0.25) is 11.7 Å². The number of nitrogens with one attached hydrogen (secondary N) is 1. The number of benzene rings is 2. The molecule has 9 heteroatoms. The van der Waals surface area contributed by atoms with Crippen molar-refractivity contribution in [3.05, 3.63) is 47.5 Å². The van der Waals surface area contributed by atoms with Gasteiger partial charge in [-0.1, -0.05) is 17.2 Å². The Morgan fingerprint density at radius 3 is 2.30 bits per heavy atom. The molecule has 30 heavy (non-hydrogen) atoms. The molecule has 3 aromatic rings. The first-order chi connectivity index (χ1) is 14.7. The van der Waals surface area contributed by atoms with Crippen LogP contribution in [0.3, 0.4) is 0 Å². The Kier molecular flexibility index (Phi) is 5.60. The van der Waals surface area contributed by atoms with Crippen molar-refractivity contribution in [1.29, 1.82) is 0 Å². The lowest BCUT2D eigenvalue weighted by atomic mass is 9.93. The first kappa shape index (κ1) is 19.8. The van der Waals surface area contributed by atoms with Gasteiger partial charge in [0.1, 0.15) is 5.75 Å². The average Bonchev–Trinajstić information content (AvgIpc) is 3.27. The highest BCUT2D eigenvalue weighted by Gasteiger charge is 2.32. The third-order valence-corrected chi connectivity index (χ3v) is 5.22. The summed E-state index contributed by atoms with van der Waals surface area (Å²) in [4.78, 5) is 0. The zero-order valence-electron chi connectivity index (χ0n) is 17.5. The smallest absolute Gasteiger partial charge is 0.243 e. The highest BCUT2D eigenvalue weighted by molar-refractivity contribution is 5.55. The Morgan fingerprint density at radius 1 is 1.00 bits per heavy atom. The van der Waals surface area contributed by atoms with Crippen molar-refractivity contribution >= 4 is 5.95 Å². The predicted molar refractivity (Wildman–Crippen MR) is 111 cm³/mol. The van der Waals surface area contributed by atoms with E-state index in [4.69, 9.17) is 18.9 Å². The van der Waals surface area contributed by atoms with Gasteiger partial charge in [0.15, 0.2) is 11.5 Å². The van der Waals surface area contributed by atoms with Crippen LogP contribution in [0.25, 0.3) is 0 Å². The minimum absolute atomic E-state index is 0.0308. The molecule has 1 aliphatic rings. The third kappa shape index (κ3) is 3.58. The number of anilines is 1. The van der Waals surface area contributed by atoms with E-state index in [2.05, 4.69) is 33.0 Å². The molecular formula is C21H25N5O4. The fraction of sp³-hybridized carbons (Fsp3) is 0.381. The highest BCUT2D eigenvalue weighted by atomic mass is 16.5. The summed E-state index contributed by atoms with van der Waals surface area (Å²) >= 11 is 0. The SMILES string of the molecule is CCOc1ccc([C@@H]2C[C@@H](c3cc(OC)c(OC)c(OC)c3)n3nnnc3N2)cc1. The molecule has 2 heterocycles. The van der Waals surface area contributed by atoms with E-state index in [1.165, 1.54) is 0 Å². The highest BCUT2D eigenvalue weighted by Crippen LogP contribution is 2.44. The van der Waals surface area contributed by atoms with Gasteiger partial charge in [-0.15, -0.1) is 0 Å². The fourth-order valence-corrected chi connectivity index (χ4v) is 3.79. The van der Waals surface area contributed by atoms with Crippen molar-refractivity contribution in [2.75, 3.05) is 33.3 Å². The Balaban J connectivity index is 1.71. The van der Waals surface area contributed by atoms with Crippen LogP contribution in [0.15, 0.2) is 36.4 Å². The molecule has 2 aromatic carbocycles. The molecule has 1 N–H and O–H groups in total. The first-order valence-corrected chi connectivity index (χ1v) is 9.75. The Labute approximate surface area is 174 Å². The zero-order valence-corrected chi connectivity index (χ0v) is 17.5. The topological polar surface area (TPSA) is 92.5 Å². The van der Waals surface area contributed by atoms with E-state index in [1.54, 1.807) is 26.0 Å². The predicted octanol–water partition coefficient (Wildman–Crippen LogP) is 3.24. The van der Waals surface area contributed by atoms with Crippen LogP contribution in [0.4, 0.5) is 5.95 Å². The second kappa shape index (κ2) is 8.48. The van der Waals surface area contributed by atoms with Crippen molar-refractivity contribution in [2.24, 2.45) is 0 Å². The molecule has 2 atom stereocenters. The lowest BCUT2D eigenvalue weighted by molar-refractivity contribution is 0.321. The molecule has 0 bridgehead atoms. The standard InChI is InChI=1S/C21H25N5O4/c1-5-30-15-8-6-13(7-9-15)16-12-17(26-21(22-16)23-24-25-26)14-10-18(27-2)20(29-4)19(11-14)28-3/h6-11,16-17H,5,12H2,1-4H3,(H,22,23,25)/t16-,17-/m0/s1. The summed E-state index contributed by atoms with van der Waals surface area (Å²) in [6.07, 6.45) is 0.741. The molecule has 0 unspecified atom stereocenters. The van der Waals surface area contributed by atoms with Crippen LogP contribution in [0, 0.1) is 0 Å². The molecule has 0 amide bonds. The van der Waals surface area contributed by atoms with Crippen molar-refractivity contribution in [2.45, 2.75) is 25.4 Å². The van der Waals surface area contributed by atoms with Gasteiger partial charge in [-0.05, 0) is 59.2 Å². The summed E-state index contributed by atoms with van der Waals surface area (Å²) in [6, 6.07) is 11.9. The van der Waals surface area contributed by atoms with Gasteiger partial charge in [0.05, 0.1) is 40.0 Å². The molecule has 0 spiro atoms. The van der Waals surface area contributed by atoms with E-state index in [1.807, 2.05) is 31.2 Å². The van der Waals surface area contributed by atoms with Crippen LogP contribution in [0.1, 0.15) is 36.6 Å². The lowest BCUT2D eigenvalue weighted by Crippen LogP contribution is -2.28. The maximum Gasteiger partial charge on any atom is 0.243 e. The van der Waals surface area contributed by atoms with E-state index in [-0.39, 0.29) is 12.1 Å². The van der Waals surface area contributed by atoms with Crippen LogP contribution in [-0.4, -0.2) is 48.1 Å². The fourth-order valence-electron chi connectivity index (χ4n) is 3.79. The normalized spacial score (nSPS) is 17.6. The van der Waals surface area contributed by atoms with Crippen molar-refractivity contribution < 1.29 is 18.9 Å². The molecule has 0 fully saturated rings. The zero-order chi connectivity index (χ0) is 21.1. The van der Waals surface area contributed by atoms with Gasteiger partial charge in [-0.25, -0.2) is 4.68 Å². The van der Waals surface area contributed by atoms with Crippen LogP contribution in [0.5, 0.6) is 23.0 Å². The molecule has 0 aliphatic carbocycles. The third-order valence-electron chi connectivity index (χ3n) is 5.22. The van der Waals surface area contributed by atoms with Gasteiger partial charge in [-0.2, -0.15) is 0 Å². The number of hydrogen-bond donors (Lipinski definition) is 1. The quantitative estimate of drug-likeness (QED) is 0.633. The Morgan fingerprint density at radius 2 is 1.70 bits per heavy atom.